The summed E-state index contributed by atoms with van der Waals surface area (Å²) in [5, 5.41) is 11.2. The summed E-state index contributed by atoms with van der Waals surface area (Å²) in [6.45, 7) is 0.808. The predicted molar refractivity (Wildman–Crippen MR) is 74.7 cm³/mol. The number of hydrogen-bond donors (Lipinski definition) is 2. The number of rotatable bonds is 3. The highest BCUT2D eigenvalue weighted by atomic mass is 35.5. The first-order chi connectivity index (χ1) is 9.65. The zero-order chi connectivity index (χ0) is 14.1. The molecule has 1 aromatic heterocycles. The molecular weight excluding hydrogens is 280 g/mol. The van der Waals surface area contributed by atoms with E-state index in [0.717, 1.165) is 32.3 Å². The minimum Gasteiger partial charge on any atom is -0.378 e. The summed E-state index contributed by atoms with van der Waals surface area (Å²) >= 11 is 5.76. The second-order valence-electron chi connectivity index (χ2n) is 5.34. The largest absolute Gasteiger partial charge is 0.378 e. The first-order valence-electron chi connectivity index (χ1n) is 6.86. The van der Waals surface area contributed by atoms with Crippen LogP contribution < -0.4 is 11.1 Å². The van der Waals surface area contributed by atoms with Crippen LogP contribution in [0.25, 0.3) is 0 Å². The fourth-order valence-corrected chi connectivity index (χ4v) is 3.34. The first-order valence-corrected chi connectivity index (χ1v) is 7.24. The van der Waals surface area contributed by atoms with E-state index in [0.29, 0.717) is 17.8 Å². The zero-order valence-electron chi connectivity index (χ0n) is 11.0. The van der Waals surface area contributed by atoms with Crippen LogP contribution in [0.2, 0.25) is 5.15 Å². The molecule has 108 valence electrons. The number of fused-ring (bicyclic) bond motifs is 1. The lowest BCUT2D eigenvalue weighted by Gasteiger charge is -2.33. The Morgan fingerprint density at radius 2 is 2.25 bits per heavy atom. The number of anilines is 1. The van der Waals surface area contributed by atoms with Crippen LogP contribution in [0.1, 0.15) is 36.0 Å². The number of carbonyl (C=O) groups excluding carboxylic acids is 1. The summed E-state index contributed by atoms with van der Waals surface area (Å²) in [6.07, 6.45) is 4.60. The number of nitrogens with zero attached hydrogens (tertiary/aromatic N) is 2. The lowest BCUT2D eigenvalue weighted by atomic mass is 9.82. The van der Waals surface area contributed by atoms with Gasteiger partial charge < -0.3 is 15.8 Å². The molecule has 20 heavy (non-hydrogen) atoms. The fraction of sp³-hybridized carbons (Fsp3) is 0.615. The van der Waals surface area contributed by atoms with Gasteiger partial charge in [0.05, 0.1) is 11.7 Å². The maximum atomic E-state index is 11.5. The third-order valence-electron chi connectivity index (χ3n) is 4.13. The molecule has 3 unspecified atom stereocenters. The van der Waals surface area contributed by atoms with Crippen molar-refractivity contribution in [1.29, 1.82) is 0 Å². The monoisotopic (exact) mass is 296 g/mol. The van der Waals surface area contributed by atoms with E-state index in [-0.39, 0.29) is 16.8 Å². The van der Waals surface area contributed by atoms with Crippen LogP contribution in [-0.4, -0.2) is 34.9 Å². The molecular formula is C13H17ClN4O2. The Hall–Kier alpha value is -1.40. The molecule has 1 saturated heterocycles. The minimum absolute atomic E-state index is 0.162. The van der Waals surface area contributed by atoms with Crippen LogP contribution in [-0.2, 0) is 4.74 Å². The molecule has 7 heteroatoms. The summed E-state index contributed by atoms with van der Waals surface area (Å²) in [7, 11) is 0. The number of primary amides is 1. The maximum Gasteiger partial charge on any atom is 0.252 e. The molecule has 2 fully saturated rings. The van der Waals surface area contributed by atoms with Crippen molar-refractivity contribution in [2.45, 2.75) is 37.8 Å². The number of halogens is 1. The van der Waals surface area contributed by atoms with Crippen molar-refractivity contribution in [3.8, 4) is 0 Å². The normalized spacial score (nSPS) is 28.9. The number of hydrogen-bond acceptors (Lipinski definition) is 5. The van der Waals surface area contributed by atoms with E-state index in [9.17, 15) is 4.79 Å². The SMILES string of the molecule is NC(=O)c1cc(Cl)nnc1NC1CCCC2OCCC12. The van der Waals surface area contributed by atoms with Gasteiger partial charge in [-0.25, -0.2) is 0 Å². The van der Waals surface area contributed by atoms with Gasteiger partial charge in [-0.1, -0.05) is 11.6 Å². The second kappa shape index (κ2) is 5.54. The van der Waals surface area contributed by atoms with Gasteiger partial charge in [-0.2, -0.15) is 0 Å². The van der Waals surface area contributed by atoms with E-state index < -0.39 is 5.91 Å². The summed E-state index contributed by atoms with van der Waals surface area (Å²) in [5.41, 5.74) is 5.65. The van der Waals surface area contributed by atoms with Gasteiger partial charge >= 0.3 is 0 Å². The number of aromatic nitrogens is 2. The molecule has 6 nitrogen and oxygen atoms in total. The van der Waals surface area contributed by atoms with Crippen molar-refractivity contribution in [3.63, 3.8) is 0 Å². The van der Waals surface area contributed by atoms with Crippen molar-refractivity contribution < 1.29 is 9.53 Å². The fourth-order valence-electron chi connectivity index (χ4n) is 3.19. The number of nitrogens with two attached hydrogens (primary N) is 1. The van der Waals surface area contributed by atoms with Gasteiger partial charge in [0, 0.05) is 18.6 Å². The Bertz CT molecular complexity index is 525. The van der Waals surface area contributed by atoms with Crippen LogP contribution >= 0.6 is 11.6 Å². The van der Waals surface area contributed by atoms with Gasteiger partial charge in [-0.15, -0.1) is 10.2 Å². The third kappa shape index (κ3) is 2.58. The number of nitrogens with one attached hydrogen (secondary N) is 1. The van der Waals surface area contributed by atoms with Gasteiger partial charge in [-0.3, -0.25) is 4.79 Å². The van der Waals surface area contributed by atoms with Crippen LogP contribution in [0.3, 0.4) is 0 Å². The molecule has 1 aliphatic heterocycles. The Balaban J connectivity index is 1.82. The molecule has 3 N–H and O–H groups in total. The van der Waals surface area contributed by atoms with E-state index in [2.05, 4.69) is 15.5 Å². The highest BCUT2D eigenvalue weighted by Crippen LogP contribution is 2.36. The second-order valence-corrected chi connectivity index (χ2v) is 5.72. The van der Waals surface area contributed by atoms with E-state index in [1.54, 1.807) is 0 Å². The molecule has 2 aliphatic rings. The highest BCUT2D eigenvalue weighted by molar-refractivity contribution is 6.29. The molecule has 3 rings (SSSR count). The molecule has 3 atom stereocenters. The van der Waals surface area contributed by atoms with Crippen LogP contribution in [0.4, 0.5) is 5.82 Å². The highest BCUT2D eigenvalue weighted by Gasteiger charge is 2.38. The molecule has 1 amide bonds. The van der Waals surface area contributed by atoms with Gasteiger partial charge in [-0.05, 0) is 31.7 Å². The molecule has 1 aliphatic carbocycles. The summed E-state index contributed by atoms with van der Waals surface area (Å²) in [5.74, 6) is 0.320. The summed E-state index contributed by atoms with van der Waals surface area (Å²) in [6, 6.07) is 1.69. The Morgan fingerprint density at radius 3 is 3.05 bits per heavy atom. The Morgan fingerprint density at radius 1 is 1.40 bits per heavy atom. The molecule has 2 heterocycles. The topological polar surface area (TPSA) is 90.1 Å². The molecule has 1 aromatic rings. The predicted octanol–water partition coefficient (Wildman–Crippen LogP) is 1.60. The quantitative estimate of drug-likeness (QED) is 0.884. The Labute approximate surface area is 122 Å². The number of amides is 1. The lowest BCUT2D eigenvalue weighted by Crippen LogP contribution is -2.39. The molecule has 0 spiro atoms. The summed E-state index contributed by atoms with van der Waals surface area (Å²) < 4.78 is 5.73. The minimum atomic E-state index is -0.556. The van der Waals surface area contributed by atoms with Crippen molar-refractivity contribution in [1.82, 2.24) is 10.2 Å². The maximum absolute atomic E-state index is 11.5. The average molecular weight is 297 g/mol. The third-order valence-corrected chi connectivity index (χ3v) is 4.32. The molecule has 0 bridgehead atoms. The number of carbonyl (C=O) groups is 1. The molecule has 0 aromatic carbocycles. The van der Waals surface area contributed by atoms with Gasteiger partial charge in [0.1, 0.15) is 0 Å². The molecule has 0 radical (unpaired) electrons. The average Bonchev–Trinajstić information content (AvgIpc) is 2.90. The van der Waals surface area contributed by atoms with Crippen molar-refractivity contribution >= 4 is 23.3 Å². The first kappa shape index (κ1) is 13.6. The zero-order valence-corrected chi connectivity index (χ0v) is 11.8. The number of ether oxygens (including phenoxy) is 1. The molecule has 1 saturated carbocycles. The van der Waals surface area contributed by atoms with Crippen LogP contribution in [0, 0.1) is 5.92 Å². The van der Waals surface area contributed by atoms with E-state index >= 15 is 0 Å². The Kier molecular flexibility index (Phi) is 3.76. The van der Waals surface area contributed by atoms with Crippen molar-refractivity contribution in [2.75, 3.05) is 11.9 Å². The smallest absolute Gasteiger partial charge is 0.252 e. The van der Waals surface area contributed by atoms with Crippen LogP contribution in [0.5, 0.6) is 0 Å². The van der Waals surface area contributed by atoms with Gasteiger partial charge in [0.15, 0.2) is 11.0 Å². The van der Waals surface area contributed by atoms with E-state index in [1.807, 2.05) is 0 Å². The standard InChI is InChI=1S/C13H17ClN4O2/c14-11-6-8(12(15)19)13(18-17-11)16-9-2-1-3-10-7(9)4-5-20-10/h6-7,9-10H,1-5H2,(H2,15,19)(H,16,18). The van der Waals surface area contributed by atoms with Crippen molar-refractivity contribution in [3.05, 3.63) is 16.8 Å². The van der Waals surface area contributed by atoms with Crippen molar-refractivity contribution in [2.24, 2.45) is 11.7 Å². The lowest BCUT2D eigenvalue weighted by molar-refractivity contribution is 0.0619. The van der Waals surface area contributed by atoms with Gasteiger partial charge in [0.2, 0.25) is 0 Å². The van der Waals surface area contributed by atoms with E-state index in [4.69, 9.17) is 22.1 Å². The van der Waals surface area contributed by atoms with Gasteiger partial charge in [0.25, 0.3) is 5.91 Å². The van der Waals surface area contributed by atoms with E-state index in [1.165, 1.54) is 6.07 Å². The summed E-state index contributed by atoms with van der Waals surface area (Å²) in [4.78, 5) is 11.5. The van der Waals surface area contributed by atoms with Crippen LogP contribution in [0.15, 0.2) is 6.07 Å².